The number of imidazole rings is 1. The molecule has 0 unspecified atom stereocenters. The summed E-state index contributed by atoms with van der Waals surface area (Å²) >= 11 is 0. The number of sulfonamides is 2. The fourth-order valence-corrected chi connectivity index (χ4v) is 7.54. The van der Waals surface area contributed by atoms with E-state index in [4.69, 9.17) is 9.47 Å². The van der Waals surface area contributed by atoms with Gasteiger partial charge in [0.1, 0.15) is 11.6 Å². The van der Waals surface area contributed by atoms with Crippen molar-refractivity contribution in [3.05, 3.63) is 66.4 Å². The number of halogens is 1. The van der Waals surface area contributed by atoms with Crippen molar-refractivity contribution in [1.29, 1.82) is 0 Å². The molecule has 4 atom stereocenters. The average molecular weight is 710 g/mol. The van der Waals surface area contributed by atoms with Crippen LogP contribution in [0.15, 0.2) is 64.9 Å². The molecule has 0 saturated carbocycles. The fourth-order valence-electron chi connectivity index (χ4n) is 5.32. The number of aliphatic hydroxyl groups is 1. The minimum Gasteiger partial charge on any atom is -0.490 e. The molecule has 0 fully saturated rings. The van der Waals surface area contributed by atoms with Crippen LogP contribution in [0.25, 0.3) is 0 Å². The maximum Gasteiger partial charge on any atom is 0.280 e. The smallest absolute Gasteiger partial charge is 0.280 e. The zero-order chi connectivity index (χ0) is 35.2. The Labute approximate surface area is 281 Å². The van der Waals surface area contributed by atoms with Gasteiger partial charge in [-0.3, -0.25) is 9.52 Å². The Morgan fingerprint density at radius 3 is 2.48 bits per heavy atom. The van der Waals surface area contributed by atoms with Gasteiger partial charge in [-0.25, -0.2) is 17.8 Å². The molecular weight excluding hydrogens is 666 g/mol. The molecule has 0 spiro atoms. The fraction of sp³-hybridized carbons (Fsp3) is 0.500. The zero-order valence-corrected chi connectivity index (χ0v) is 29.4. The summed E-state index contributed by atoms with van der Waals surface area (Å²) in [6, 6.07) is 8.34. The molecule has 1 aliphatic rings. The van der Waals surface area contributed by atoms with Crippen LogP contribution in [0.5, 0.6) is 5.75 Å². The molecule has 4 rings (SSSR count). The van der Waals surface area contributed by atoms with Crippen LogP contribution in [-0.4, -0.2) is 98.2 Å². The number of ether oxygens (including phenoxy) is 2. The number of anilines is 1. The molecule has 264 valence electrons. The lowest BCUT2D eigenvalue weighted by atomic mass is 10.0. The van der Waals surface area contributed by atoms with Crippen molar-refractivity contribution in [2.24, 2.45) is 13.0 Å². The van der Waals surface area contributed by atoms with Crippen molar-refractivity contribution in [3.63, 3.8) is 0 Å². The van der Waals surface area contributed by atoms with E-state index in [1.807, 2.05) is 13.8 Å². The van der Waals surface area contributed by atoms with Gasteiger partial charge in [0.25, 0.3) is 15.9 Å². The second-order valence-corrected chi connectivity index (χ2v) is 15.9. The van der Waals surface area contributed by atoms with Crippen molar-refractivity contribution in [2.75, 3.05) is 38.1 Å². The van der Waals surface area contributed by atoms with Crippen LogP contribution >= 0.6 is 0 Å². The predicted octanol–water partition coefficient (Wildman–Crippen LogP) is 3.48. The Hall–Kier alpha value is -3.57. The van der Waals surface area contributed by atoms with Gasteiger partial charge in [-0.2, -0.15) is 12.7 Å². The zero-order valence-electron chi connectivity index (χ0n) is 27.7. The van der Waals surface area contributed by atoms with E-state index < -0.39 is 49.8 Å². The lowest BCUT2D eigenvalue weighted by Gasteiger charge is -2.35. The SMILES string of the molecule is C[C@@H]1CCCCO[C@H](CN(C)S(=O)(=O)c2ccc(F)cc2)[C@H](C)CN([C@@H](C)CO)C(=O)c2cc(NS(=O)(=O)c3cn(C)cn3)ccc2O1. The first-order chi connectivity index (χ1) is 22.6. The van der Waals surface area contributed by atoms with Crippen LogP contribution < -0.4 is 9.46 Å². The highest BCUT2D eigenvalue weighted by molar-refractivity contribution is 7.92. The number of aromatic nitrogens is 2. The summed E-state index contributed by atoms with van der Waals surface area (Å²) in [7, 11) is -4.99. The quantitative estimate of drug-likeness (QED) is 0.339. The van der Waals surface area contributed by atoms with E-state index in [1.54, 1.807) is 14.0 Å². The van der Waals surface area contributed by atoms with E-state index in [0.717, 1.165) is 22.9 Å². The summed E-state index contributed by atoms with van der Waals surface area (Å²) in [4.78, 5) is 19.6. The van der Waals surface area contributed by atoms with Crippen LogP contribution in [0, 0.1) is 11.7 Å². The largest absolute Gasteiger partial charge is 0.490 e. The number of carbonyl (C=O) groups is 1. The van der Waals surface area contributed by atoms with E-state index in [1.165, 1.54) is 59.4 Å². The maximum absolute atomic E-state index is 14.3. The number of nitrogens with one attached hydrogen (secondary N) is 1. The summed E-state index contributed by atoms with van der Waals surface area (Å²) in [6.07, 6.45) is 3.78. The second-order valence-electron chi connectivity index (χ2n) is 12.2. The van der Waals surface area contributed by atoms with Crippen LogP contribution in [0.1, 0.15) is 50.4 Å². The standard InChI is InChI=1S/C32H44FN5O8S2/c1-22-17-38(23(2)20-39)32(40)28-16-26(35-47(41,42)31-19-36(4)21-34-31)11-14-29(28)46-24(3)8-6-7-15-45-30(22)18-37(5)48(43,44)27-12-9-25(33)10-13-27/h9-14,16,19,21-24,30,35,39H,6-8,15,17-18,20H2,1-5H3/t22-,23+,24-,30-/m1/s1. The van der Waals surface area contributed by atoms with Gasteiger partial charge in [0.05, 0.1) is 41.6 Å². The number of benzene rings is 2. The molecule has 2 N–H and O–H groups in total. The molecule has 0 bridgehead atoms. The Morgan fingerprint density at radius 2 is 1.83 bits per heavy atom. The van der Waals surface area contributed by atoms with E-state index in [-0.39, 0.29) is 52.7 Å². The van der Waals surface area contributed by atoms with Crippen molar-refractivity contribution >= 4 is 31.6 Å². The molecule has 0 radical (unpaired) electrons. The summed E-state index contributed by atoms with van der Waals surface area (Å²) in [5.74, 6) is -1.24. The number of amides is 1. The van der Waals surface area contributed by atoms with Crippen LogP contribution in [0.4, 0.5) is 10.1 Å². The van der Waals surface area contributed by atoms with E-state index in [2.05, 4.69) is 9.71 Å². The topological polar surface area (TPSA) is 160 Å². The van der Waals surface area contributed by atoms with Crippen molar-refractivity contribution in [3.8, 4) is 5.75 Å². The molecule has 3 aromatic rings. The average Bonchev–Trinajstić information content (AvgIpc) is 3.49. The normalized spacial score (nSPS) is 20.9. The number of likely N-dealkylation sites (N-methyl/N-ethyl adjacent to an activating group) is 1. The maximum atomic E-state index is 14.3. The lowest BCUT2D eigenvalue weighted by Crippen LogP contribution is -2.48. The molecule has 1 aromatic heterocycles. The third kappa shape index (κ3) is 9.11. The number of fused-ring (bicyclic) bond motifs is 1. The molecule has 1 amide bonds. The summed E-state index contributed by atoms with van der Waals surface area (Å²) in [5, 5.41) is 9.99. The molecule has 1 aliphatic heterocycles. The van der Waals surface area contributed by atoms with E-state index in [0.29, 0.717) is 19.4 Å². The highest BCUT2D eigenvalue weighted by atomic mass is 32.2. The molecule has 0 saturated heterocycles. The lowest BCUT2D eigenvalue weighted by molar-refractivity contribution is -0.00834. The number of carbonyl (C=O) groups excluding carboxylic acids is 1. The van der Waals surface area contributed by atoms with Gasteiger partial charge < -0.3 is 24.0 Å². The molecule has 13 nitrogen and oxygen atoms in total. The van der Waals surface area contributed by atoms with E-state index in [9.17, 15) is 31.1 Å². The van der Waals surface area contributed by atoms with Gasteiger partial charge in [-0.15, -0.1) is 0 Å². The molecular formula is C32H44FN5O8S2. The highest BCUT2D eigenvalue weighted by Gasteiger charge is 2.33. The third-order valence-corrected chi connectivity index (χ3v) is 11.3. The predicted molar refractivity (Wildman–Crippen MR) is 177 cm³/mol. The summed E-state index contributed by atoms with van der Waals surface area (Å²) in [6.45, 7) is 5.35. The molecule has 2 aromatic carbocycles. The molecule has 0 aliphatic carbocycles. The number of aryl methyl sites for hydroxylation is 1. The first-order valence-corrected chi connectivity index (χ1v) is 18.6. The van der Waals surface area contributed by atoms with Gasteiger partial charge >= 0.3 is 0 Å². The number of aliphatic hydroxyl groups excluding tert-OH is 1. The Kier molecular flexibility index (Phi) is 12.2. The van der Waals surface area contributed by atoms with Gasteiger partial charge in [0.15, 0.2) is 5.03 Å². The minimum atomic E-state index is -4.07. The first kappa shape index (κ1) is 37.3. The molecule has 16 heteroatoms. The van der Waals surface area contributed by atoms with Crippen molar-refractivity contribution in [1.82, 2.24) is 18.8 Å². The van der Waals surface area contributed by atoms with Gasteiger partial charge in [-0.1, -0.05) is 6.92 Å². The number of rotatable bonds is 9. The van der Waals surface area contributed by atoms with Crippen molar-refractivity contribution < 1.29 is 40.6 Å². The molecule has 2 heterocycles. The van der Waals surface area contributed by atoms with Gasteiger partial charge in [0.2, 0.25) is 10.0 Å². The monoisotopic (exact) mass is 709 g/mol. The van der Waals surface area contributed by atoms with Crippen LogP contribution in [-0.2, 0) is 31.8 Å². The van der Waals surface area contributed by atoms with Gasteiger partial charge in [-0.05, 0) is 75.6 Å². The minimum absolute atomic E-state index is 0.0496. The number of hydrogen-bond acceptors (Lipinski definition) is 9. The first-order valence-electron chi connectivity index (χ1n) is 15.7. The highest BCUT2D eigenvalue weighted by Crippen LogP contribution is 2.29. The Morgan fingerprint density at radius 1 is 1.12 bits per heavy atom. The molecule has 48 heavy (non-hydrogen) atoms. The van der Waals surface area contributed by atoms with Crippen LogP contribution in [0.2, 0.25) is 0 Å². The second kappa shape index (κ2) is 15.8. The van der Waals surface area contributed by atoms with Crippen LogP contribution in [0.3, 0.4) is 0 Å². The third-order valence-electron chi connectivity index (χ3n) is 8.22. The van der Waals surface area contributed by atoms with Gasteiger partial charge in [0, 0.05) is 51.6 Å². The number of hydrogen-bond donors (Lipinski definition) is 2. The number of nitrogens with zero attached hydrogens (tertiary/aromatic N) is 4. The Bertz CT molecular complexity index is 1770. The summed E-state index contributed by atoms with van der Waals surface area (Å²) < 4.78 is 83.8. The van der Waals surface area contributed by atoms with E-state index >= 15 is 0 Å². The Balaban J connectivity index is 1.67. The summed E-state index contributed by atoms with van der Waals surface area (Å²) in [5.41, 5.74) is 0.199. The van der Waals surface area contributed by atoms with Crippen molar-refractivity contribution in [2.45, 2.75) is 68.2 Å².